The van der Waals surface area contributed by atoms with E-state index in [2.05, 4.69) is 15.6 Å². The predicted octanol–water partition coefficient (Wildman–Crippen LogP) is 3.31. The summed E-state index contributed by atoms with van der Waals surface area (Å²) >= 11 is 0. The first-order chi connectivity index (χ1) is 13.2. The van der Waals surface area contributed by atoms with Crippen LogP contribution in [-0.4, -0.2) is 35.9 Å². The molecule has 1 aliphatic heterocycles. The quantitative estimate of drug-likeness (QED) is 0.731. The Labute approximate surface area is 158 Å². The zero-order valence-corrected chi connectivity index (χ0v) is 15.3. The number of Topliss-reactive ketones (excluding diaryl/α,β-unsaturated/α-hetero) is 1. The molecule has 0 radical (unpaired) electrons. The Morgan fingerprint density at radius 2 is 2.19 bits per heavy atom. The maximum Gasteiger partial charge on any atom is 0.257 e. The van der Waals surface area contributed by atoms with Crippen LogP contribution in [0.25, 0.3) is 0 Å². The van der Waals surface area contributed by atoms with Gasteiger partial charge in [0.25, 0.3) is 5.91 Å². The van der Waals surface area contributed by atoms with Gasteiger partial charge in [0.15, 0.2) is 5.78 Å². The van der Waals surface area contributed by atoms with Crippen LogP contribution in [0.4, 0.5) is 5.69 Å². The molecule has 1 aromatic heterocycles. The highest BCUT2D eigenvalue weighted by molar-refractivity contribution is 6.13. The predicted molar refractivity (Wildman–Crippen MR) is 104 cm³/mol. The lowest BCUT2D eigenvalue weighted by atomic mass is 9.93. The van der Waals surface area contributed by atoms with Crippen molar-refractivity contribution in [1.29, 1.82) is 0 Å². The van der Waals surface area contributed by atoms with Crippen LogP contribution >= 0.6 is 0 Å². The number of aromatic nitrogens is 1. The van der Waals surface area contributed by atoms with Crippen molar-refractivity contribution in [2.75, 3.05) is 18.5 Å². The van der Waals surface area contributed by atoms with Gasteiger partial charge in [0.2, 0.25) is 0 Å². The highest BCUT2D eigenvalue weighted by Crippen LogP contribution is 2.25. The molecule has 6 nitrogen and oxygen atoms in total. The van der Waals surface area contributed by atoms with Gasteiger partial charge in [0, 0.05) is 36.1 Å². The van der Waals surface area contributed by atoms with Gasteiger partial charge in [-0.3, -0.25) is 9.59 Å². The number of hydrogen-bond acceptors (Lipinski definition) is 4. The summed E-state index contributed by atoms with van der Waals surface area (Å²) in [5, 5.41) is 6.34. The monoisotopic (exact) mass is 367 g/mol. The number of ketones is 1. The van der Waals surface area contributed by atoms with Crippen LogP contribution in [0.2, 0.25) is 0 Å². The largest absolute Gasteiger partial charge is 0.493 e. The maximum atomic E-state index is 12.7. The van der Waals surface area contributed by atoms with E-state index in [1.165, 1.54) is 12.8 Å². The fourth-order valence-corrected chi connectivity index (χ4v) is 3.90. The van der Waals surface area contributed by atoms with Gasteiger partial charge in [-0.15, -0.1) is 0 Å². The number of nitrogens with one attached hydrogen (secondary N) is 3. The molecule has 27 heavy (non-hydrogen) atoms. The number of carbonyl (C=O) groups excluding carboxylic acids is 2. The smallest absolute Gasteiger partial charge is 0.257 e. The number of amides is 1. The van der Waals surface area contributed by atoms with Gasteiger partial charge in [-0.1, -0.05) is 6.07 Å². The second kappa shape index (κ2) is 7.96. The average Bonchev–Trinajstić information content (AvgIpc) is 3.32. The zero-order valence-electron chi connectivity index (χ0n) is 15.3. The fourth-order valence-electron chi connectivity index (χ4n) is 3.90. The fraction of sp³-hybridized carbons (Fsp3) is 0.429. The summed E-state index contributed by atoms with van der Waals surface area (Å²) in [5.74, 6) is 0.508. The number of carbonyl (C=O) groups is 2. The number of fused-ring (bicyclic) bond motifs is 1. The molecule has 1 aliphatic carbocycles. The van der Waals surface area contributed by atoms with E-state index in [4.69, 9.17) is 4.74 Å². The lowest BCUT2D eigenvalue weighted by molar-refractivity contribution is 0.0956. The topological polar surface area (TPSA) is 83.2 Å². The van der Waals surface area contributed by atoms with Crippen molar-refractivity contribution >= 4 is 17.4 Å². The maximum absolute atomic E-state index is 12.7. The van der Waals surface area contributed by atoms with E-state index in [1.807, 2.05) is 24.3 Å². The number of hydrogen-bond donors (Lipinski definition) is 3. The van der Waals surface area contributed by atoms with Gasteiger partial charge < -0.3 is 20.4 Å². The van der Waals surface area contributed by atoms with Crippen LogP contribution in [0.3, 0.4) is 0 Å². The van der Waals surface area contributed by atoms with E-state index < -0.39 is 0 Å². The van der Waals surface area contributed by atoms with Crippen molar-refractivity contribution in [2.24, 2.45) is 0 Å². The third kappa shape index (κ3) is 4.06. The second-order valence-electron chi connectivity index (χ2n) is 7.25. The molecule has 1 unspecified atom stereocenters. The second-order valence-corrected chi connectivity index (χ2v) is 7.25. The van der Waals surface area contributed by atoms with E-state index >= 15 is 0 Å². The van der Waals surface area contributed by atoms with E-state index in [-0.39, 0.29) is 11.7 Å². The van der Waals surface area contributed by atoms with E-state index in [1.54, 1.807) is 6.20 Å². The minimum atomic E-state index is -0.268. The Morgan fingerprint density at radius 3 is 3.04 bits per heavy atom. The molecule has 4 rings (SSSR count). The van der Waals surface area contributed by atoms with Crippen molar-refractivity contribution in [2.45, 2.75) is 44.6 Å². The average molecular weight is 367 g/mol. The number of anilines is 1. The zero-order chi connectivity index (χ0) is 18.6. The van der Waals surface area contributed by atoms with Gasteiger partial charge in [0.1, 0.15) is 5.75 Å². The standard InChI is InChI=1S/C21H25N3O3/c25-19-8-2-7-18-20(19)17(13-23-18)21(26)24-15-4-1-6-16(12-15)27-11-9-14-5-3-10-22-14/h1,4,6,12-14,22-23H,2-3,5,7-11H2,(H,24,26). The first-order valence-corrected chi connectivity index (χ1v) is 9.72. The summed E-state index contributed by atoms with van der Waals surface area (Å²) in [6.07, 6.45) is 7.21. The van der Waals surface area contributed by atoms with Crippen LogP contribution in [0.1, 0.15) is 58.5 Å². The molecule has 1 saturated heterocycles. The number of benzene rings is 1. The Balaban J connectivity index is 1.38. The van der Waals surface area contributed by atoms with Crippen molar-refractivity contribution in [3.05, 3.63) is 47.3 Å². The first-order valence-electron chi connectivity index (χ1n) is 9.72. The molecule has 1 aromatic carbocycles. The minimum absolute atomic E-state index is 0.0419. The highest BCUT2D eigenvalue weighted by atomic mass is 16.5. The van der Waals surface area contributed by atoms with Gasteiger partial charge in [-0.25, -0.2) is 0 Å². The third-order valence-corrected chi connectivity index (χ3v) is 5.31. The summed E-state index contributed by atoms with van der Waals surface area (Å²) in [7, 11) is 0. The summed E-state index contributed by atoms with van der Waals surface area (Å²) in [6.45, 7) is 1.74. The Hall–Kier alpha value is -2.60. The number of aromatic amines is 1. The first kappa shape index (κ1) is 17.8. The Kier molecular flexibility index (Phi) is 5.25. The molecule has 2 aliphatic rings. The van der Waals surface area contributed by atoms with Crippen molar-refractivity contribution in [3.8, 4) is 5.75 Å². The summed E-state index contributed by atoms with van der Waals surface area (Å²) in [6, 6.07) is 7.94. The molecular weight excluding hydrogens is 342 g/mol. The third-order valence-electron chi connectivity index (χ3n) is 5.31. The molecule has 1 amide bonds. The molecule has 6 heteroatoms. The number of H-pyrrole nitrogens is 1. The lowest BCUT2D eigenvalue weighted by Crippen LogP contribution is -2.23. The molecule has 3 N–H and O–H groups in total. The number of aryl methyl sites for hydroxylation is 1. The highest BCUT2D eigenvalue weighted by Gasteiger charge is 2.25. The molecule has 0 spiro atoms. The molecule has 142 valence electrons. The van der Waals surface area contributed by atoms with Gasteiger partial charge >= 0.3 is 0 Å². The SMILES string of the molecule is O=C(Nc1cccc(OCCC2CCCN2)c1)c1c[nH]c2c1C(=O)CCC2. The van der Waals surface area contributed by atoms with E-state index in [9.17, 15) is 9.59 Å². The molecule has 0 saturated carbocycles. The van der Waals surface area contributed by atoms with Crippen LogP contribution in [0.15, 0.2) is 30.5 Å². The molecule has 2 heterocycles. The minimum Gasteiger partial charge on any atom is -0.493 e. The van der Waals surface area contributed by atoms with Crippen LogP contribution < -0.4 is 15.4 Å². The van der Waals surface area contributed by atoms with Crippen LogP contribution in [0, 0.1) is 0 Å². The normalized spacial score (nSPS) is 19.0. The van der Waals surface area contributed by atoms with Crippen LogP contribution in [0.5, 0.6) is 5.75 Å². The van der Waals surface area contributed by atoms with Crippen LogP contribution in [-0.2, 0) is 6.42 Å². The Morgan fingerprint density at radius 1 is 1.26 bits per heavy atom. The van der Waals surface area contributed by atoms with Gasteiger partial charge in [0.05, 0.1) is 17.7 Å². The van der Waals surface area contributed by atoms with Gasteiger partial charge in [-0.05, 0) is 50.8 Å². The van der Waals surface area contributed by atoms with Gasteiger partial charge in [-0.2, -0.15) is 0 Å². The summed E-state index contributed by atoms with van der Waals surface area (Å²) in [4.78, 5) is 27.9. The molecule has 1 atom stereocenters. The van der Waals surface area contributed by atoms with E-state index in [0.29, 0.717) is 35.9 Å². The number of ether oxygens (including phenoxy) is 1. The molecular formula is C21H25N3O3. The van der Waals surface area contributed by atoms with Crippen molar-refractivity contribution in [3.63, 3.8) is 0 Å². The Bertz CT molecular complexity index is 837. The molecule has 2 aromatic rings. The summed E-state index contributed by atoms with van der Waals surface area (Å²) < 4.78 is 5.84. The summed E-state index contributed by atoms with van der Waals surface area (Å²) in [5.41, 5.74) is 2.51. The van der Waals surface area contributed by atoms with E-state index in [0.717, 1.165) is 37.3 Å². The van der Waals surface area contributed by atoms with Crippen molar-refractivity contribution in [1.82, 2.24) is 10.3 Å². The lowest BCUT2D eigenvalue weighted by Gasteiger charge is -2.13. The molecule has 0 bridgehead atoms. The number of rotatable bonds is 6. The molecule has 1 fully saturated rings. The van der Waals surface area contributed by atoms with Crippen molar-refractivity contribution < 1.29 is 14.3 Å².